The Morgan fingerprint density at radius 2 is 1.74 bits per heavy atom. The van der Waals surface area contributed by atoms with Crippen LogP contribution in [0, 0.1) is 0 Å². The number of nitrogens with zero attached hydrogens (tertiary/aromatic N) is 5. The van der Waals surface area contributed by atoms with Crippen LogP contribution in [0.3, 0.4) is 0 Å². The molecule has 1 fully saturated rings. The van der Waals surface area contributed by atoms with E-state index in [9.17, 15) is 4.79 Å². The van der Waals surface area contributed by atoms with E-state index >= 15 is 0 Å². The van der Waals surface area contributed by atoms with Crippen LogP contribution in [0.1, 0.15) is 5.69 Å². The van der Waals surface area contributed by atoms with E-state index in [0.717, 1.165) is 37.8 Å². The van der Waals surface area contributed by atoms with Crippen molar-refractivity contribution in [2.75, 3.05) is 31.1 Å². The molecular formula is C16H20N6O. The molecule has 23 heavy (non-hydrogen) atoms. The van der Waals surface area contributed by atoms with Crippen molar-refractivity contribution in [1.82, 2.24) is 19.9 Å². The summed E-state index contributed by atoms with van der Waals surface area (Å²) in [7, 11) is 0. The van der Waals surface area contributed by atoms with E-state index in [2.05, 4.69) is 24.8 Å². The minimum atomic E-state index is -0.330. The second-order valence-electron chi connectivity index (χ2n) is 5.52. The van der Waals surface area contributed by atoms with Crippen LogP contribution < -0.4 is 10.6 Å². The van der Waals surface area contributed by atoms with Gasteiger partial charge in [0.15, 0.2) is 0 Å². The van der Waals surface area contributed by atoms with Crippen molar-refractivity contribution in [1.29, 1.82) is 0 Å². The first-order chi connectivity index (χ1) is 11.2. The summed E-state index contributed by atoms with van der Waals surface area (Å²) in [6.45, 7) is 3.05. The number of primary amides is 1. The molecule has 1 saturated heterocycles. The van der Waals surface area contributed by atoms with Gasteiger partial charge in [0.2, 0.25) is 11.9 Å². The third kappa shape index (κ3) is 3.81. The Morgan fingerprint density at radius 1 is 1.04 bits per heavy atom. The Hall–Kier alpha value is -2.54. The Kier molecular flexibility index (Phi) is 4.77. The van der Waals surface area contributed by atoms with E-state index in [4.69, 9.17) is 5.73 Å². The van der Waals surface area contributed by atoms with Gasteiger partial charge in [-0.15, -0.1) is 0 Å². The van der Waals surface area contributed by atoms with Gasteiger partial charge in [-0.3, -0.25) is 14.7 Å². The average Bonchev–Trinajstić information content (AvgIpc) is 2.61. The maximum absolute atomic E-state index is 11.9. The lowest BCUT2D eigenvalue weighted by Crippen LogP contribution is -2.55. The van der Waals surface area contributed by atoms with Crippen molar-refractivity contribution in [3.63, 3.8) is 0 Å². The van der Waals surface area contributed by atoms with Crippen LogP contribution >= 0.6 is 0 Å². The van der Waals surface area contributed by atoms with E-state index in [1.54, 1.807) is 24.7 Å². The number of hydrogen-bond donors (Lipinski definition) is 1. The van der Waals surface area contributed by atoms with Crippen LogP contribution in [0.4, 0.5) is 5.95 Å². The number of anilines is 1. The highest BCUT2D eigenvalue weighted by Gasteiger charge is 2.28. The van der Waals surface area contributed by atoms with Crippen LogP contribution in [-0.4, -0.2) is 58.0 Å². The van der Waals surface area contributed by atoms with Gasteiger partial charge in [-0.05, 0) is 18.2 Å². The Morgan fingerprint density at radius 3 is 2.35 bits per heavy atom. The zero-order valence-corrected chi connectivity index (χ0v) is 12.9. The van der Waals surface area contributed by atoms with Crippen molar-refractivity contribution in [3.8, 4) is 0 Å². The van der Waals surface area contributed by atoms with Crippen LogP contribution in [0.5, 0.6) is 0 Å². The molecular weight excluding hydrogens is 292 g/mol. The van der Waals surface area contributed by atoms with Gasteiger partial charge in [-0.2, -0.15) is 0 Å². The van der Waals surface area contributed by atoms with Crippen molar-refractivity contribution >= 4 is 11.9 Å². The van der Waals surface area contributed by atoms with Crippen LogP contribution in [0.15, 0.2) is 42.9 Å². The molecule has 1 amide bonds. The Labute approximate surface area is 135 Å². The molecule has 120 valence electrons. The van der Waals surface area contributed by atoms with E-state index < -0.39 is 0 Å². The Balaban J connectivity index is 1.63. The van der Waals surface area contributed by atoms with Gasteiger partial charge in [0.1, 0.15) is 0 Å². The molecule has 0 saturated carbocycles. The molecule has 7 nitrogen and oxygen atoms in total. The number of amides is 1. The molecule has 2 aromatic rings. The molecule has 0 aliphatic carbocycles. The van der Waals surface area contributed by atoms with Crippen LogP contribution in [0.25, 0.3) is 0 Å². The zero-order chi connectivity index (χ0) is 16.1. The van der Waals surface area contributed by atoms with Crippen molar-refractivity contribution in [3.05, 3.63) is 48.5 Å². The zero-order valence-electron chi connectivity index (χ0n) is 12.9. The summed E-state index contributed by atoms with van der Waals surface area (Å²) < 4.78 is 0. The third-order valence-corrected chi connectivity index (χ3v) is 4.05. The normalized spacial score (nSPS) is 17.0. The molecule has 1 unspecified atom stereocenters. The topological polar surface area (TPSA) is 88.2 Å². The van der Waals surface area contributed by atoms with Crippen LogP contribution in [-0.2, 0) is 11.2 Å². The smallest absolute Gasteiger partial charge is 0.235 e. The first kappa shape index (κ1) is 15.4. The van der Waals surface area contributed by atoms with E-state index in [0.29, 0.717) is 6.42 Å². The first-order valence-electron chi connectivity index (χ1n) is 7.69. The molecule has 3 rings (SSSR count). The molecule has 1 aliphatic heterocycles. The number of aromatic nitrogens is 3. The van der Waals surface area contributed by atoms with E-state index in [-0.39, 0.29) is 11.9 Å². The predicted octanol–water partition coefficient (Wildman–Crippen LogP) is 0.0902. The summed E-state index contributed by atoms with van der Waals surface area (Å²) in [5.74, 6) is 0.424. The number of nitrogens with two attached hydrogens (primary N) is 1. The minimum Gasteiger partial charge on any atom is -0.368 e. The summed E-state index contributed by atoms with van der Waals surface area (Å²) >= 11 is 0. The van der Waals surface area contributed by atoms with Gasteiger partial charge in [0.05, 0.1) is 6.04 Å². The second-order valence-corrected chi connectivity index (χ2v) is 5.52. The van der Waals surface area contributed by atoms with E-state index in [1.165, 1.54) is 0 Å². The maximum Gasteiger partial charge on any atom is 0.235 e. The summed E-state index contributed by atoms with van der Waals surface area (Å²) in [5, 5.41) is 0. The van der Waals surface area contributed by atoms with Crippen molar-refractivity contribution in [2.24, 2.45) is 5.73 Å². The highest BCUT2D eigenvalue weighted by molar-refractivity contribution is 5.80. The molecule has 0 radical (unpaired) electrons. The highest BCUT2D eigenvalue weighted by atomic mass is 16.1. The number of rotatable bonds is 5. The monoisotopic (exact) mass is 312 g/mol. The fraction of sp³-hybridized carbons (Fsp3) is 0.375. The predicted molar refractivity (Wildman–Crippen MR) is 86.7 cm³/mol. The fourth-order valence-corrected chi connectivity index (χ4v) is 2.81. The van der Waals surface area contributed by atoms with Crippen LogP contribution in [0.2, 0.25) is 0 Å². The van der Waals surface area contributed by atoms with Gasteiger partial charge < -0.3 is 10.6 Å². The van der Waals surface area contributed by atoms with E-state index in [1.807, 2.05) is 18.2 Å². The fourth-order valence-electron chi connectivity index (χ4n) is 2.81. The molecule has 3 heterocycles. The quantitative estimate of drug-likeness (QED) is 0.842. The van der Waals surface area contributed by atoms with Gasteiger partial charge >= 0.3 is 0 Å². The number of hydrogen-bond acceptors (Lipinski definition) is 6. The molecule has 2 N–H and O–H groups in total. The van der Waals surface area contributed by atoms with Crippen molar-refractivity contribution < 1.29 is 4.79 Å². The lowest BCUT2D eigenvalue weighted by Gasteiger charge is -2.38. The summed E-state index contributed by atoms with van der Waals surface area (Å²) in [6.07, 6.45) is 5.75. The minimum absolute atomic E-state index is 0.305. The lowest BCUT2D eigenvalue weighted by molar-refractivity contribution is -0.123. The molecule has 1 atom stereocenters. The van der Waals surface area contributed by atoms with Crippen molar-refractivity contribution in [2.45, 2.75) is 12.5 Å². The molecule has 0 bridgehead atoms. The second kappa shape index (κ2) is 7.15. The van der Waals surface area contributed by atoms with Gasteiger partial charge in [0, 0.05) is 56.9 Å². The average molecular weight is 312 g/mol. The summed E-state index contributed by atoms with van der Waals surface area (Å²) in [4.78, 5) is 28.9. The SMILES string of the molecule is NC(=O)C(Cc1ccccn1)N1CCN(c2ncccn2)CC1. The molecule has 0 spiro atoms. The number of pyridine rings is 1. The van der Waals surface area contributed by atoms with Gasteiger partial charge in [-0.25, -0.2) is 9.97 Å². The largest absolute Gasteiger partial charge is 0.368 e. The number of piperazine rings is 1. The maximum atomic E-state index is 11.9. The summed E-state index contributed by atoms with van der Waals surface area (Å²) in [5.41, 5.74) is 6.49. The number of carbonyl (C=O) groups is 1. The molecule has 2 aromatic heterocycles. The lowest BCUT2D eigenvalue weighted by atomic mass is 10.1. The molecule has 0 aromatic carbocycles. The van der Waals surface area contributed by atoms with Gasteiger partial charge in [-0.1, -0.05) is 6.07 Å². The Bertz CT molecular complexity index is 628. The third-order valence-electron chi connectivity index (χ3n) is 4.05. The molecule has 1 aliphatic rings. The first-order valence-corrected chi connectivity index (χ1v) is 7.69. The summed E-state index contributed by atoms with van der Waals surface area (Å²) in [6, 6.07) is 7.18. The highest BCUT2D eigenvalue weighted by Crippen LogP contribution is 2.14. The number of carbonyl (C=O) groups excluding carboxylic acids is 1. The molecule has 7 heteroatoms. The van der Waals surface area contributed by atoms with Gasteiger partial charge in [0.25, 0.3) is 0 Å². The standard InChI is InChI=1S/C16H20N6O/c17-15(23)14(12-13-4-1-2-5-18-13)21-8-10-22(11-9-21)16-19-6-3-7-20-16/h1-7,14H,8-12H2,(H2,17,23).